The summed E-state index contributed by atoms with van der Waals surface area (Å²) in [6.45, 7) is 0. The zero-order valence-electron chi connectivity index (χ0n) is 23.6. The number of aromatic nitrogens is 5. The Labute approximate surface area is 251 Å². The largest absolute Gasteiger partial charge is 0.353 e. The van der Waals surface area contributed by atoms with E-state index in [1.807, 2.05) is 42.5 Å². The number of nitrogens with one attached hydrogen (secondary N) is 3. The number of benzene rings is 2. The highest BCUT2D eigenvalue weighted by molar-refractivity contribution is 7.90. The number of aromatic amines is 2. The topological polar surface area (TPSA) is 160 Å². The van der Waals surface area contributed by atoms with Crippen LogP contribution in [0.5, 0.6) is 0 Å². The van der Waals surface area contributed by atoms with Gasteiger partial charge >= 0.3 is 0 Å². The van der Waals surface area contributed by atoms with Crippen molar-refractivity contribution in [2.24, 2.45) is 11.7 Å². The Morgan fingerprint density at radius 1 is 1.05 bits per heavy atom. The lowest BCUT2D eigenvalue weighted by Gasteiger charge is -2.24. The van der Waals surface area contributed by atoms with Gasteiger partial charge in [0.25, 0.3) is 0 Å². The van der Waals surface area contributed by atoms with Crippen LogP contribution in [-0.2, 0) is 14.6 Å². The Hall–Kier alpha value is -4.94. The average Bonchev–Trinajstić information content (AvgIpc) is 3.59. The van der Waals surface area contributed by atoms with Crippen LogP contribution in [0.15, 0.2) is 73.1 Å². The first-order valence-electron chi connectivity index (χ1n) is 14.1. The van der Waals surface area contributed by atoms with Gasteiger partial charge in [-0.05, 0) is 78.1 Å². The molecule has 0 bridgehead atoms. The van der Waals surface area contributed by atoms with Crippen molar-refractivity contribution in [1.29, 1.82) is 0 Å². The van der Waals surface area contributed by atoms with Gasteiger partial charge in [0.1, 0.15) is 22.4 Å². The monoisotopic (exact) mass is 609 g/mol. The standard InChI is InChI=1S/C32H28FN7O3S/c1-44(42,43)31(34)19-10-18(11-21(33)12-19)23-6-3-7-26-24(23)14-28(37-26)30-29-27(39-40-30)9-8-25(38-29)20-13-22(16-35-15-20)36-32(41)17-4-2-5-17/h3,6-17,31,37H,2,4-5,34H2,1H3,(H,36,41)(H,39,40). The molecule has 1 amide bonds. The number of nitrogens with zero attached hydrogens (tertiary/aromatic N) is 3. The number of hydrogen-bond acceptors (Lipinski definition) is 7. The van der Waals surface area contributed by atoms with Crippen LogP contribution in [0.1, 0.15) is 30.2 Å². The molecule has 4 aromatic heterocycles. The molecule has 1 unspecified atom stereocenters. The van der Waals surface area contributed by atoms with Crippen LogP contribution in [0.3, 0.4) is 0 Å². The van der Waals surface area contributed by atoms with Gasteiger partial charge in [-0.15, -0.1) is 0 Å². The Morgan fingerprint density at radius 2 is 1.89 bits per heavy atom. The molecule has 0 aliphatic heterocycles. The molecule has 0 spiro atoms. The summed E-state index contributed by atoms with van der Waals surface area (Å²) in [6, 6.07) is 17.2. The molecule has 5 N–H and O–H groups in total. The van der Waals surface area contributed by atoms with Gasteiger partial charge in [-0.3, -0.25) is 14.9 Å². The third-order valence-corrected chi connectivity index (χ3v) is 9.32. The SMILES string of the molecule is CS(=O)(=O)C(N)c1cc(F)cc(-c2cccc3[nH]c(-c4n[nH]c5ccc(-c6cncc(NC(=O)C7CCC7)c6)nc45)cc23)c1. The van der Waals surface area contributed by atoms with Crippen LogP contribution < -0.4 is 11.1 Å². The molecule has 2 aromatic carbocycles. The summed E-state index contributed by atoms with van der Waals surface area (Å²) >= 11 is 0. The van der Waals surface area contributed by atoms with Gasteiger partial charge in [-0.1, -0.05) is 18.6 Å². The van der Waals surface area contributed by atoms with E-state index in [1.165, 1.54) is 6.07 Å². The van der Waals surface area contributed by atoms with Crippen molar-refractivity contribution in [3.8, 4) is 33.8 Å². The average molecular weight is 610 g/mol. The van der Waals surface area contributed by atoms with E-state index >= 15 is 0 Å². The second-order valence-electron chi connectivity index (χ2n) is 11.2. The Morgan fingerprint density at radius 3 is 2.66 bits per heavy atom. The summed E-state index contributed by atoms with van der Waals surface area (Å²) < 4.78 is 38.8. The normalized spacial score (nSPS) is 14.5. The van der Waals surface area contributed by atoms with Crippen LogP contribution in [0.2, 0.25) is 0 Å². The summed E-state index contributed by atoms with van der Waals surface area (Å²) in [5.41, 5.74) is 12.7. The number of amides is 1. The number of carbonyl (C=O) groups is 1. The molecule has 1 aliphatic rings. The van der Waals surface area contributed by atoms with Crippen molar-refractivity contribution in [3.05, 3.63) is 84.4 Å². The number of halogens is 1. The number of nitrogens with two attached hydrogens (primary N) is 1. The number of rotatable bonds is 7. The van der Waals surface area contributed by atoms with Gasteiger partial charge in [0.2, 0.25) is 5.91 Å². The van der Waals surface area contributed by atoms with Crippen molar-refractivity contribution in [1.82, 2.24) is 25.1 Å². The van der Waals surface area contributed by atoms with Gasteiger partial charge in [0.05, 0.1) is 28.8 Å². The van der Waals surface area contributed by atoms with Gasteiger partial charge in [0.15, 0.2) is 9.84 Å². The van der Waals surface area contributed by atoms with E-state index in [0.29, 0.717) is 39.4 Å². The second-order valence-corrected chi connectivity index (χ2v) is 13.4. The van der Waals surface area contributed by atoms with E-state index in [9.17, 15) is 17.6 Å². The van der Waals surface area contributed by atoms with Crippen molar-refractivity contribution >= 4 is 43.4 Å². The quantitative estimate of drug-likeness (QED) is 0.180. The maximum atomic E-state index is 14.7. The van der Waals surface area contributed by atoms with Crippen LogP contribution >= 0.6 is 0 Å². The van der Waals surface area contributed by atoms with Crippen LogP contribution in [0.25, 0.3) is 55.7 Å². The minimum absolute atomic E-state index is 0.0154. The molecular weight excluding hydrogens is 581 g/mol. The summed E-state index contributed by atoms with van der Waals surface area (Å²) in [7, 11) is -3.63. The number of anilines is 1. The van der Waals surface area contributed by atoms with Crippen molar-refractivity contribution in [2.45, 2.75) is 24.6 Å². The molecule has 1 atom stereocenters. The van der Waals surface area contributed by atoms with E-state index in [4.69, 9.17) is 10.7 Å². The number of H-pyrrole nitrogens is 2. The molecule has 7 rings (SSSR count). The predicted molar refractivity (Wildman–Crippen MR) is 168 cm³/mol. The smallest absolute Gasteiger partial charge is 0.227 e. The fourth-order valence-corrected chi connectivity index (χ4v) is 6.15. The molecule has 10 nitrogen and oxygen atoms in total. The summed E-state index contributed by atoms with van der Waals surface area (Å²) in [4.78, 5) is 25.1. The van der Waals surface area contributed by atoms with Crippen LogP contribution in [0, 0.1) is 11.7 Å². The minimum Gasteiger partial charge on any atom is -0.353 e. The zero-order chi connectivity index (χ0) is 30.6. The Kier molecular flexibility index (Phi) is 6.74. The molecule has 1 aliphatic carbocycles. The van der Waals surface area contributed by atoms with E-state index in [-0.39, 0.29) is 17.4 Å². The maximum absolute atomic E-state index is 14.7. The van der Waals surface area contributed by atoms with E-state index in [1.54, 1.807) is 18.5 Å². The minimum atomic E-state index is -3.63. The van der Waals surface area contributed by atoms with E-state index < -0.39 is 21.0 Å². The highest BCUT2D eigenvalue weighted by Crippen LogP contribution is 2.36. The number of hydrogen-bond donors (Lipinski definition) is 4. The fraction of sp³-hybridized carbons (Fsp3) is 0.188. The highest BCUT2D eigenvalue weighted by Gasteiger charge is 2.25. The first-order chi connectivity index (χ1) is 21.1. The van der Waals surface area contributed by atoms with Crippen LogP contribution in [0.4, 0.5) is 10.1 Å². The Bertz CT molecular complexity index is 2190. The second kappa shape index (κ2) is 10.6. The first-order valence-corrected chi connectivity index (χ1v) is 16.1. The molecule has 0 radical (unpaired) electrons. The number of sulfone groups is 1. The lowest BCUT2D eigenvalue weighted by Crippen LogP contribution is -2.28. The zero-order valence-corrected chi connectivity index (χ0v) is 24.5. The van der Waals surface area contributed by atoms with E-state index in [2.05, 4.69) is 25.5 Å². The fourth-order valence-electron chi connectivity index (χ4n) is 5.52. The highest BCUT2D eigenvalue weighted by atomic mass is 32.2. The summed E-state index contributed by atoms with van der Waals surface area (Å²) in [5.74, 6) is -0.506. The molecule has 6 aromatic rings. The van der Waals surface area contributed by atoms with Gasteiger partial charge < -0.3 is 16.0 Å². The van der Waals surface area contributed by atoms with E-state index in [0.717, 1.165) is 53.6 Å². The molecule has 0 saturated heterocycles. The van der Waals surface area contributed by atoms with Gasteiger partial charge in [-0.2, -0.15) is 5.10 Å². The number of pyridine rings is 2. The maximum Gasteiger partial charge on any atom is 0.227 e. The Balaban J connectivity index is 1.26. The first kappa shape index (κ1) is 27.9. The van der Waals surface area contributed by atoms with Crippen molar-refractivity contribution < 1.29 is 17.6 Å². The summed E-state index contributed by atoms with van der Waals surface area (Å²) in [6.07, 6.45) is 7.26. The van der Waals surface area contributed by atoms with Crippen LogP contribution in [-0.4, -0.2) is 45.7 Å². The molecule has 12 heteroatoms. The third kappa shape index (κ3) is 5.12. The lowest BCUT2D eigenvalue weighted by molar-refractivity contribution is -0.122. The van der Waals surface area contributed by atoms with Crippen molar-refractivity contribution in [3.63, 3.8) is 0 Å². The van der Waals surface area contributed by atoms with Gasteiger partial charge in [-0.25, -0.2) is 17.8 Å². The molecule has 222 valence electrons. The number of fused-ring (bicyclic) bond motifs is 2. The third-order valence-electron chi connectivity index (χ3n) is 8.13. The molecular formula is C32H28FN7O3S. The van der Waals surface area contributed by atoms with Gasteiger partial charge in [0, 0.05) is 34.8 Å². The lowest BCUT2D eigenvalue weighted by atomic mass is 9.85. The molecule has 44 heavy (non-hydrogen) atoms. The molecule has 1 fully saturated rings. The number of carbonyl (C=O) groups excluding carboxylic acids is 1. The molecule has 1 saturated carbocycles. The predicted octanol–water partition coefficient (Wildman–Crippen LogP) is 5.71. The van der Waals surface area contributed by atoms with Crippen molar-refractivity contribution in [2.75, 3.05) is 11.6 Å². The molecule has 4 heterocycles. The summed E-state index contributed by atoms with van der Waals surface area (Å²) in [5, 5.41) is 9.98.